The van der Waals surface area contributed by atoms with E-state index in [2.05, 4.69) is 38.4 Å². The van der Waals surface area contributed by atoms with E-state index in [1.165, 1.54) is 16.7 Å². The number of rotatable bonds is 0. The van der Waals surface area contributed by atoms with Crippen molar-refractivity contribution in [2.75, 3.05) is 13.6 Å². The molecule has 2 nitrogen and oxygen atoms in total. The average Bonchev–Trinajstić information content (AvgIpc) is 2.32. The standard InChI is InChI=1S/C16H21NO/c1-10-9-17(4)15-7-12-5-6-13(18)8-14(12)16(10,3)11(15)2/h5-6,8,11,15,18H,1,7,9H2,2-4H3/t11?,15?,16-/m0/s1. The number of likely N-dealkylation sites (tertiary alicyclic amines) is 1. The van der Waals surface area contributed by atoms with E-state index in [9.17, 15) is 5.11 Å². The van der Waals surface area contributed by atoms with Crippen LogP contribution in [0, 0.1) is 5.92 Å². The van der Waals surface area contributed by atoms with Crippen molar-refractivity contribution in [1.82, 2.24) is 4.90 Å². The van der Waals surface area contributed by atoms with Gasteiger partial charge in [-0.3, -0.25) is 4.90 Å². The molecule has 2 unspecified atom stereocenters. The van der Waals surface area contributed by atoms with Gasteiger partial charge in [0.05, 0.1) is 0 Å². The van der Waals surface area contributed by atoms with E-state index in [1.807, 2.05) is 6.07 Å². The van der Waals surface area contributed by atoms with Gasteiger partial charge in [-0.05, 0) is 42.6 Å². The molecule has 0 amide bonds. The topological polar surface area (TPSA) is 23.5 Å². The lowest BCUT2D eigenvalue weighted by atomic mass is 9.57. The van der Waals surface area contributed by atoms with Crippen LogP contribution >= 0.6 is 0 Å². The molecule has 2 aliphatic rings. The Hall–Kier alpha value is -1.28. The number of piperidine rings is 1. The summed E-state index contributed by atoms with van der Waals surface area (Å²) in [5, 5.41) is 9.78. The Morgan fingerprint density at radius 3 is 2.89 bits per heavy atom. The van der Waals surface area contributed by atoms with Crippen LogP contribution in [0.2, 0.25) is 0 Å². The van der Waals surface area contributed by atoms with Gasteiger partial charge in [0.1, 0.15) is 5.75 Å². The maximum Gasteiger partial charge on any atom is 0.115 e. The maximum absolute atomic E-state index is 9.78. The van der Waals surface area contributed by atoms with Crippen LogP contribution in [0.15, 0.2) is 30.4 Å². The number of phenolic OH excluding ortho intramolecular Hbond substituents is 1. The second kappa shape index (κ2) is 3.61. The summed E-state index contributed by atoms with van der Waals surface area (Å²) < 4.78 is 0. The van der Waals surface area contributed by atoms with Crippen LogP contribution in [0.4, 0.5) is 0 Å². The largest absolute Gasteiger partial charge is 0.508 e. The van der Waals surface area contributed by atoms with Gasteiger partial charge in [0.25, 0.3) is 0 Å². The molecule has 1 saturated heterocycles. The first-order valence-corrected chi connectivity index (χ1v) is 6.65. The van der Waals surface area contributed by atoms with Crippen molar-refractivity contribution in [3.63, 3.8) is 0 Å². The molecule has 0 spiro atoms. The molecule has 1 aromatic carbocycles. The molecule has 1 aromatic rings. The third-order valence-electron chi connectivity index (χ3n) is 5.31. The predicted molar refractivity (Wildman–Crippen MR) is 73.9 cm³/mol. The van der Waals surface area contributed by atoms with E-state index in [0.29, 0.717) is 17.7 Å². The van der Waals surface area contributed by atoms with Gasteiger partial charge in [-0.1, -0.05) is 32.1 Å². The maximum atomic E-state index is 9.78. The summed E-state index contributed by atoms with van der Waals surface area (Å²) in [6.45, 7) is 9.88. The number of phenols is 1. The van der Waals surface area contributed by atoms with Crippen LogP contribution in [0.25, 0.3) is 0 Å². The van der Waals surface area contributed by atoms with E-state index < -0.39 is 0 Å². The Bertz CT molecular complexity index is 522. The van der Waals surface area contributed by atoms with Gasteiger partial charge in [0.15, 0.2) is 0 Å². The Labute approximate surface area is 109 Å². The van der Waals surface area contributed by atoms with Gasteiger partial charge >= 0.3 is 0 Å². The zero-order valence-corrected chi connectivity index (χ0v) is 11.4. The molecule has 3 atom stereocenters. The molecule has 1 aliphatic heterocycles. The fourth-order valence-electron chi connectivity index (χ4n) is 3.89. The van der Waals surface area contributed by atoms with Gasteiger partial charge in [-0.25, -0.2) is 0 Å². The number of benzene rings is 1. The lowest BCUT2D eigenvalue weighted by Crippen LogP contribution is -2.57. The summed E-state index contributed by atoms with van der Waals surface area (Å²) in [4.78, 5) is 2.42. The molecule has 0 saturated carbocycles. The smallest absolute Gasteiger partial charge is 0.115 e. The van der Waals surface area contributed by atoms with Crippen molar-refractivity contribution in [3.05, 3.63) is 41.5 Å². The van der Waals surface area contributed by atoms with E-state index >= 15 is 0 Å². The second-order valence-corrected chi connectivity index (χ2v) is 6.12. The molecule has 1 aliphatic carbocycles. The molecule has 0 aromatic heterocycles. The average molecular weight is 243 g/mol. The Balaban J connectivity index is 2.24. The number of hydrogen-bond donors (Lipinski definition) is 1. The highest BCUT2D eigenvalue weighted by Gasteiger charge is 2.49. The molecule has 18 heavy (non-hydrogen) atoms. The molecule has 1 fully saturated rings. The van der Waals surface area contributed by atoms with Gasteiger partial charge < -0.3 is 5.11 Å². The van der Waals surface area contributed by atoms with Crippen molar-refractivity contribution in [2.24, 2.45) is 5.92 Å². The molecule has 1 heterocycles. The quantitative estimate of drug-likeness (QED) is 0.708. The van der Waals surface area contributed by atoms with Crippen molar-refractivity contribution in [3.8, 4) is 5.75 Å². The highest BCUT2D eigenvalue weighted by Crippen LogP contribution is 2.50. The minimum atomic E-state index is 0.00347. The zero-order valence-electron chi connectivity index (χ0n) is 11.4. The number of hydrogen-bond acceptors (Lipinski definition) is 2. The first kappa shape index (κ1) is 11.8. The van der Waals surface area contributed by atoms with Crippen LogP contribution in [0.1, 0.15) is 25.0 Å². The normalized spacial score (nSPS) is 35.4. The molecule has 2 bridgehead atoms. The number of fused-ring (bicyclic) bond motifs is 4. The van der Waals surface area contributed by atoms with Crippen LogP contribution < -0.4 is 0 Å². The summed E-state index contributed by atoms with van der Waals surface area (Å²) in [6.07, 6.45) is 1.08. The monoisotopic (exact) mass is 243 g/mol. The van der Waals surface area contributed by atoms with Crippen molar-refractivity contribution in [1.29, 1.82) is 0 Å². The molecular weight excluding hydrogens is 222 g/mol. The van der Waals surface area contributed by atoms with Crippen molar-refractivity contribution < 1.29 is 5.11 Å². The van der Waals surface area contributed by atoms with Gasteiger partial charge in [-0.15, -0.1) is 0 Å². The Morgan fingerprint density at radius 2 is 2.17 bits per heavy atom. The van der Waals surface area contributed by atoms with Crippen LogP contribution in [0.3, 0.4) is 0 Å². The first-order chi connectivity index (χ1) is 8.44. The fourth-order valence-corrected chi connectivity index (χ4v) is 3.89. The minimum absolute atomic E-state index is 0.00347. The lowest BCUT2D eigenvalue weighted by molar-refractivity contribution is 0.0941. The van der Waals surface area contributed by atoms with Gasteiger partial charge in [0, 0.05) is 18.0 Å². The fraction of sp³-hybridized carbons (Fsp3) is 0.500. The number of aromatic hydroxyl groups is 1. The van der Waals surface area contributed by atoms with Crippen LogP contribution in [-0.4, -0.2) is 29.6 Å². The molecule has 0 radical (unpaired) electrons. The van der Waals surface area contributed by atoms with Crippen molar-refractivity contribution in [2.45, 2.75) is 31.7 Å². The summed E-state index contributed by atoms with van der Waals surface area (Å²) in [7, 11) is 2.19. The number of nitrogens with zero attached hydrogens (tertiary/aromatic N) is 1. The Kier molecular flexibility index (Phi) is 2.36. The summed E-state index contributed by atoms with van der Waals surface area (Å²) in [6, 6.07) is 6.40. The van der Waals surface area contributed by atoms with E-state index in [-0.39, 0.29) is 5.41 Å². The molecular formula is C16H21NO. The third-order valence-corrected chi connectivity index (χ3v) is 5.31. The van der Waals surface area contributed by atoms with Gasteiger partial charge in [-0.2, -0.15) is 0 Å². The Morgan fingerprint density at radius 1 is 1.44 bits per heavy atom. The van der Waals surface area contributed by atoms with E-state index in [4.69, 9.17) is 0 Å². The molecule has 3 rings (SSSR count). The first-order valence-electron chi connectivity index (χ1n) is 6.65. The predicted octanol–water partition coefficient (Wildman–Crippen LogP) is 2.71. The second-order valence-electron chi connectivity index (χ2n) is 6.12. The number of likely N-dealkylation sites (N-methyl/N-ethyl adjacent to an activating group) is 1. The summed E-state index contributed by atoms with van der Waals surface area (Å²) in [5.41, 5.74) is 3.92. The summed E-state index contributed by atoms with van der Waals surface area (Å²) >= 11 is 0. The molecule has 96 valence electrons. The summed E-state index contributed by atoms with van der Waals surface area (Å²) in [5.74, 6) is 0.908. The molecule has 1 N–H and O–H groups in total. The SMILES string of the molecule is C=C1CN(C)C2Cc3ccc(O)cc3[C@]1(C)C2C. The van der Waals surface area contributed by atoms with Crippen LogP contribution in [-0.2, 0) is 11.8 Å². The van der Waals surface area contributed by atoms with Crippen molar-refractivity contribution >= 4 is 0 Å². The highest BCUT2D eigenvalue weighted by atomic mass is 16.3. The van der Waals surface area contributed by atoms with E-state index in [0.717, 1.165) is 13.0 Å². The third kappa shape index (κ3) is 1.33. The van der Waals surface area contributed by atoms with E-state index in [1.54, 1.807) is 6.07 Å². The highest BCUT2D eigenvalue weighted by molar-refractivity contribution is 5.49. The zero-order chi connectivity index (χ0) is 13.1. The molecule has 2 heteroatoms. The lowest BCUT2D eigenvalue weighted by Gasteiger charge is -2.54. The van der Waals surface area contributed by atoms with Crippen LogP contribution in [0.5, 0.6) is 5.75 Å². The minimum Gasteiger partial charge on any atom is -0.508 e. The van der Waals surface area contributed by atoms with Gasteiger partial charge in [0.2, 0.25) is 0 Å².